The van der Waals surface area contributed by atoms with Gasteiger partial charge in [-0.15, -0.1) is 15.8 Å². The van der Waals surface area contributed by atoms with Crippen molar-refractivity contribution in [1.82, 2.24) is 0 Å². The van der Waals surface area contributed by atoms with E-state index in [1.807, 2.05) is 24.3 Å². The summed E-state index contributed by atoms with van der Waals surface area (Å²) in [5.74, 6) is 0. The molecule has 0 aromatic heterocycles. The van der Waals surface area contributed by atoms with Crippen LogP contribution in [0.5, 0.6) is 0 Å². The van der Waals surface area contributed by atoms with Crippen LogP contribution in [-0.4, -0.2) is 37.0 Å². The first-order chi connectivity index (χ1) is 11.0. The minimum absolute atomic E-state index is 0.446. The summed E-state index contributed by atoms with van der Waals surface area (Å²) in [6, 6.07) is 7.48. The number of halogens is 2. The Morgan fingerprint density at radius 2 is 1.09 bits per heavy atom. The minimum atomic E-state index is 0.446. The molecule has 1 aromatic rings. The van der Waals surface area contributed by atoms with Crippen molar-refractivity contribution in [3.05, 3.63) is 29.3 Å². The first kappa shape index (κ1) is 26.4. The van der Waals surface area contributed by atoms with E-state index in [-0.39, 0.29) is 0 Å². The van der Waals surface area contributed by atoms with Crippen molar-refractivity contribution < 1.29 is 13.5 Å². The van der Waals surface area contributed by atoms with Crippen molar-refractivity contribution in [3.63, 3.8) is 0 Å². The van der Waals surface area contributed by atoms with Gasteiger partial charge in [0.2, 0.25) is 0 Å². The molecule has 0 aliphatic carbocycles. The maximum atomic E-state index is 5.72. The van der Waals surface area contributed by atoms with E-state index in [9.17, 15) is 0 Å². The summed E-state index contributed by atoms with van der Waals surface area (Å²) >= 11 is 6.70. The van der Waals surface area contributed by atoms with Crippen molar-refractivity contribution in [1.29, 1.82) is 0 Å². The Morgan fingerprint density at radius 3 is 1.26 bits per heavy atom. The molecule has 0 atom stereocenters. The van der Waals surface area contributed by atoms with Gasteiger partial charge in [0.1, 0.15) is 0 Å². The number of rotatable bonds is 7. The quantitative estimate of drug-likeness (QED) is 0.308. The second-order valence-electron chi connectivity index (χ2n) is 4.68. The molecule has 1 aromatic carbocycles. The van der Waals surface area contributed by atoms with Crippen molar-refractivity contribution in [2.75, 3.05) is 37.0 Å². The van der Waals surface area contributed by atoms with Gasteiger partial charge in [0, 0.05) is 0 Å². The van der Waals surface area contributed by atoms with E-state index in [0.29, 0.717) is 20.9 Å². The fourth-order valence-corrected chi connectivity index (χ4v) is 5.65. The van der Waals surface area contributed by atoms with Gasteiger partial charge in [0.25, 0.3) is 0 Å². The van der Waals surface area contributed by atoms with Crippen LogP contribution in [0.4, 0.5) is 0 Å². The van der Waals surface area contributed by atoms with Gasteiger partial charge >= 0.3 is 69.2 Å². The van der Waals surface area contributed by atoms with E-state index in [1.165, 1.54) is 37.0 Å². The molecule has 0 radical (unpaired) electrons. The van der Waals surface area contributed by atoms with Gasteiger partial charge in [-0.3, -0.25) is 0 Å². The fraction of sp³-hybridized carbons (Fsp3) is 0.667. The van der Waals surface area contributed by atoms with Gasteiger partial charge in [-0.25, -0.2) is 0 Å². The molecule has 0 aliphatic rings. The van der Waals surface area contributed by atoms with Gasteiger partial charge in [-0.2, -0.15) is 0 Å². The van der Waals surface area contributed by atoms with Crippen LogP contribution in [0.2, 0.25) is 5.02 Å². The van der Waals surface area contributed by atoms with Crippen molar-refractivity contribution in [2.24, 2.45) is 0 Å². The zero-order chi connectivity index (χ0) is 18.1. The molecule has 0 N–H and O–H groups in total. The van der Waals surface area contributed by atoms with Gasteiger partial charge in [0.05, 0.1) is 0 Å². The molecule has 0 saturated carbocycles. The van der Waals surface area contributed by atoms with Crippen LogP contribution in [0.1, 0.15) is 41.5 Å². The normalized spacial score (nSPS) is 10.2. The van der Waals surface area contributed by atoms with E-state index in [0.717, 1.165) is 18.1 Å². The van der Waals surface area contributed by atoms with E-state index in [1.54, 1.807) is 0 Å². The molecule has 5 heteroatoms. The van der Waals surface area contributed by atoms with Crippen molar-refractivity contribution in [3.8, 4) is 0 Å². The molecule has 0 bridgehead atoms. The van der Waals surface area contributed by atoms with Crippen LogP contribution in [0.3, 0.4) is 0 Å². The average Bonchev–Trinajstić information content (AvgIpc) is 2.60. The summed E-state index contributed by atoms with van der Waals surface area (Å²) in [6.07, 6.45) is 8.51. The van der Waals surface area contributed by atoms with Crippen molar-refractivity contribution >= 4 is 42.2 Å². The third-order valence-corrected chi connectivity index (χ3v) is 10.5. The standard InChI is InChI=1S/C6H4Cl.2C6H15P.ClH.Ni/c7-6-4-2-1-3-5-6;2*1-4-7(5-2)6-3;;/h1-4H;2*4-6H2,1-3H3;1H;/q;;;;+1/p-1. The monoisotopic (exact) mass is 440 g/mol. The molecule has 23 heavy (non-hydrogen) atoms. The number of hydrogen-bond donors (Lipinski definition) is 0. The van der Waals surface area contributed by atoms with Crippen LogP contribution < -0.4 is 4.53 Å². The molecule has 0 aliphatic heterocycles. The van der Waals surface area contributed by atoms with E-state index in [4.69, 9.17) is 21.8 Å². The van der Waals surface area contributed by atoms with Crippen molar-refractivity contribution in [2.45, 2.75) is 41.5 Å². The van der Waals surface area contributed by atoms with E-state index in [2.05, 4.69) is 41.5 Å². The molecule has 0 fully saturated rings. The van der Waals surface area contributed by atoms with Gasteiger partial charge in [-0.1, -0.05) is 41.5 Å². The second-order valence-corrected chi connectivity index (χ2v) is 12.8. The molecular weight excluding hydrogens is 408 g/mol. The Bertz CT molecular complexity index is 334. The summed E-state index contributed by atoms with van der Waals surface area (Å²) in [5, 5.41) is 0.715. The summed E-state index contributed by atoms with van der Waals surface area (Å²) < 4.78 is 0.924. The summed E-state index contributed by atoms with van der Waals surface area (Å²) in [5.41, 5.74) is 0. The molecule has 0 spiro atoms. The van der Waals surface area contributed by atoms with Crippen LogP contribution in [0, 0.1) is 0 Å². The summed E-state index contributed by atoms with van der Waals surface area (Å²) in [6.45, 7) is 13.7. The summed E-state index contributed by atoms with van der Waals surface area (Å²) in [4.78, 5) is 0. The van der Waals surface area contributed by atoms with Crippen LogP contribution in [0.15, 0.2) is 24.3 Å². The maximum absolute atomic E-state index is 5.72. The number of hydrogen-bond acceptors (Lipinski definition) is 0. The molecule has 0 saturated heterocycles. The third kappa shape index (κ3) is 15.1. The molecule has 0 amide bonds. The van der Waals surface area contributed by atoms with Crippen LogP contribution in [-0.2, 0) is 13.5 Å². The second kappa shape index (κ2) is 19.5. The summed E-state index contributed by atoms with van der Waals surface area (Å²) in [7, 11) is 6.38. The van der Waals surface area contributed by atoms with E-state index >= 15 is 0 Å². The van der Waals surface area contributed by atoms with Crippen LogP contribution >= 0.6 is 37.6 Å². The zero-order valence-electron chi connectivity index (χ0n) is 15.5. The topological polar surface area (TPSA) is 0 Å². The molecule has 0 heterocycles. The Balaban J connectivity index is 0. The van der Waals surface area contributed by atoms with Gasteiger partial charge in [-0.05, 0) is 37.0 Å². The third-order valence-electron chi connectivity index (χ3n) is 3.55. The predicted molar refractivity (Wildman–Crippen MR) is 114 cm³/mol. The molecule has 0 nitrogen and oxygen atoms in total. The molecule has 140 valence electrons. The predicted octanol–water partition coefficient (Wildman–Crippen LogP) is 7.26. The fourth-order valence-electron chi connectivity index (χ4n) is 1.82. The molecule has 0 unspecified atom stereocenters. The molecular formula is C18H34Cl2NiP2. The zero-order valence-corrected chi connectivity index (χ0v) is 19.8. The first-order valence-corrected chi connectivity index (χ1v) is 14.5. The Kier molecular flexibility index (Phi) is 22.3. The first-order valence-electron chi connectivity index (χ1n) is 8.43. The number of benzene rings is 1. The Labute approximate surface area is 163 Å². The van der Waals surface area contributed by atoms with Crippen LogP contribution in [0.25, 0.3) is 0 Å². The Morgan fingerprint density at radius 1 is 0.739 bits per heavy atom. The van der Waals surface area contributed by atoms with Gasteiger partial charge < -0.3 is 0 Å². The Hall–Kier alpha value is 1.15. The van der Waals surface area contributed by atoms with E-state index < -0.39 is 0 Å². The average molecular weight is 442 g/mol. The van der Waals surface area contributed by atoms with Gasteiger partial charge in [0.15, 0.2) is 0 Å². The molecule has 1 rings (SSSR count). The SMILES string of the molecule is CCP(CC)CC.CCP(CC)CC.[Cl][Ni][c]1ccccc1Cl.